The van der Waals surface area contributed by atoms with Gasteiger partial charge in [0, 0.05) is 12.1 Å². The van der Waals surface area contributed by atoms with Gasteiger partial charge in [0.05, 0.1) is 10.7 Å². The molecule has 1 aromatic carbocycles. The number of aromatic nitrogens is 3. The van der Waals surface area contributed by atoms with Gasteiger partial charge in [0.25, 0.3) is 0 Å². The van der Waals surface area contributed by atoms with Crippen molar-refractivity contribution in [3.8, 4) is 5.69 Å². The topological polar surface area (TPSA) is 42.7 Å². The van der Waals surface area contributed by atoms with E-state index in [1.807, 2.05) is 18.2 Å². The van der Waals surface area contributed by atoms with Gasteiger partial charge in [-0.3, -0.25) is 0 Å². The molecule has 0 saturated carbocycles. The van der Waals surface area contributed by atoms with Crippen LogP contribution in [0.4, 0.5) is 0 Å². The fourth-order valence-corrected chi connectivity index (χ4v) is 1.84. The molecule has 0 spiro atoms. The maximum atomic E-state index is 6.25. The van der Waals surface area contributed by atoms with Crippen molar-refractivity contribution in [2.45, 2.75) is 32.9 Å². The van der Waals surface area contributed by atoms with Gasteiger partial charge < -0.3 is 5.32 Å². The first-order valence-corrected chi connectivity index (χ1v) is 6.22. The minimum absolute atomic E-state index is 0.0943. The van der Waals surface area contributed by atoms with Crippen LogP contribution in [-0.4, -0.2) is 20.3 Å². The van der Waals surface area contributed by atoms with Crippen LogP contribution in [0, 0.1) is 0 Å². The summed E-state index contributed by atoms with van der Waals surface area (Å²) < 4.78 is 1.66. The van der Waals surface area contributed by atoms with Crippen molar-refractivity contribution in [1.82, 2.24) is 20.1 Å². The molecule has 0 aliphatic rings. The fourth-order valence-electron chi connectivity index (χ4n) is 1.55. The van der Waals surface area contributed by atoms with Crippen molar-refractivity contribution >= 4 is 11.6 Å². The van der Waals surface area contributed by atoms with Gasteiger partial charge in [0.2, 0.25) is 0 Å². The molecule has 18 heavy (non-hydrogen) atoms. The van der Waals surface area contributed by atoms with Crippen molar-refractivity contribution < 1.29 is 0 Å². The van der Waals surface area contributed by atoms with Crippen LogP contribution in [0.1, 0.15) is 26.3 Å². The number of halogens is 1. The van der Waals surface area contributed by atoms with E-state index in [9.17, 15) is 0 Å². The van der Waals surface area contributed by atoms with E-state index in [-0.39, 0.29) is 5.54 Å². The van der Waals surface area contributed by atoms with E-state index in [1.54, 1.807) is 11.0 Å². The maximum Gasteiger partial charge on any atom is 0.138 e. The van der Waals surface area contributed by atoms with Gasteiger partial charge in [0.1, 0.15) is 12.7 Å². The smallest absolute Gasteiger partial charge is 0.138 e. The Morgan fingerprint density at radius 1 is 1.33 bits per heavy atom. The molecule has 1 aromatic heterocycles. The van der Waals surface area contributed by atoms with E-state index < -0.39 is 0 Å². The molecule has 0 radical (unpaired) electrons. The molecule has 2 rings (SSSR count). The first-order valence-electron chi connectivity index (χ1n) is 5.84. The van der Waals surface area contributed by atoms with Crippen LogP contribution < -0.4 is 5.32 Å². The van der Waals surface area contributed by atoms with Crippen LogP contribution in [0.15, 0.2) is 30.9 Å². The molecule has 5 heteroatoms. The highest BCUT2D eigenvalue weighted by molar-refractivity contribution is 6.32. The SMILES string of the molecule is CC(C)(C)NCc1ccc(-n2cncn2)c(Cl)c1. The average Bonchev–Trinajstić information content (AvgIpc) is 2.79. The average molecular weight is 265 g/mol. The molecule has 0 fully saturated rings. The minimum atomic E-state index is 0.0943. The van der Waals surface area contributed by atoms with Gasteiger partial charge in [0.15, 0.2) is 0 Å². The van der Waals surface area contributed by atoms with E-state index in [1.165, 1.54) is 6.33 Å². The largest absolute Gasteiger partial charge is 0.308 e. The Labute approximate surface area is 112 Å². The highest BCUT2D eigenvalue weighted by Gasteiger charge is 2.10. The van der Waals surface area contributed by atoms with E-state index in [0.29, 0.717) is 5.02 Å². The molecule has 0 aliphatic carbocycles. The van der Waals surface area contributed by atoms with Crippen LogP contribution in [0.5, 0.6) is 0 Å². The number of nitrogens with one attached hydrogen (secondary N) is 1. The Balaban J connectivity index is 2.15. The van der Waals surface area contributed by atoms with Crippen molar-refractivity contribution in [3.05, 3.63) is 41.4 Å². The van der Waals surface area contributed by atoms with Crippen LogP contribution >= 0.6 is 11.6 Å². The van der Waals surface area contributed by atoms with Crippen LogP contribution in [-0.2, 0) is 6.54 Å². The Morgan fingerprint density at radius 3 is 2.67 bits per heavy atom. The van der Waals surface area contributed by atoms with Crippen molar-refractivity contribution in [3.63, 3.8) is 0 Å². The molecule has 2 aromatic rings. The molecule has 4 nitrogen and oxygen atoms in total. The van der Waals surface area contributed by atoms with Gasteiger partial charge in [-0.05, 0) is 38.5 Å². The standard InChI is InChI=1S/C13H17ClN4/c1-13(2,3)16-7-10-4-5-12(11(14)6-10)18-9-15-8-17-18/h4-6,8-9,16H,7H2,1-3H3. The second kappa shape index (κ2) is 5.08. The summed E-state index contributed by atoms with van der Waals surface area (Å²) in [4.78, 5) is 3.91. The second-order valence-electron chi connectivity index (χ2n) is 5.23. The Hall–Kier alpha value is -1.39. The monoisotopic (exact) mass is 264 g/mol. The lowest BCUT2D eigenvalue weighted by Crippen LogP contribution is -2.35. The third-order valence-electron chi connectivity index (χ3n) is 2.50. The van der Waals surface area contributed by atoms with Crippen LogP contribution in [0.3, 0.4) is 0 Å². The Morgan fingerprint density at radius 2 is 2.11 bits per heavy atom. The van der Waals surface area contributed by atoms with Gasteiger partial charge in [-0.25, -0.2) is 9.67 Å². The van der Waals surface area contributed by atoms with Gasteiger partial charge >= 0.3 is 0 Å². The van der Waals surface area contributed by atoms with Crippen LogP contribution in [0.2, 0.25) is 5.02 Å². The summed E-state index contributed by atoms with van der Waals surface area (Å²) >= 11 is 6.25. The fraction of sp³-hybridized carbons (Fsp3) is 0.385. The molecule has 0 aliphatic heterocycles. The third-order valence-corrected chi connectivity index (χ3v) is 2.80. The van der Waals surface area contributed by atoms with Crippen LogP contribution in [0.25, 0.3) is 5.69 Å². The van der Waals surface area contributed by atoms with E-state index in [2.05, 4.69) is 36.2 Å². The summed E-state index contributed by atoms with van der Waals surface area (Å²) in [5.74, 6) is 0. The molecule has 96 valence electrons. The summed E-state index contributed by atoms with van der Waals surface area (Å²) in [6.07, 6.45) is 3.12. The first-order chi connectivity index (χ1) is 8.46. The molecule has 1 N–H and O–H groups in total. The molecule has 0 bridgehead atoms. The molecule has 0 atom stereocenters. The predicted molar refractivity (Wildman–Crippen MR) is 73.0 cm³/mol. The van der Waals surface area contributed by atoms with E-state index >= 15 is 0 Å². The molecular weight excluding hydrogens is 248 g/mol. The minimum Gasteiger partial charge on any atom is -0.308 e. The lowest BCUT2D eigenvalue weighted by atomic mass is 10.1. The zero-order chi connectivity index (χ0) is 13.2. The molecular formula is C13H17ClN4. The first kappa shape index (κ1) is 13.1. The highest BCUT2D eigenvalue weighted by Crippen LogP contribution is 2.21. The quantitative estimate of drug-likeness (QED) is 0.927. The van der Waals surface area contributed by atoms with E-state index in [4.69, 9.17) is 11.6 Å². The molecule has 0 amide bonds. The summed E-state index contributed by atoms with van der Waals surface area (Å²) in [5.41, 5.74) is 2.09. The predicted octanol–water partition coefficient (Wildman–Crippen LogP) is 2.81. The van der Waals surface area contributed by atoms with Crippen molar-refractivity contribution in [2.24, 2.45) is 0 Å². The maximum absolute atomic E-state index is 6.25. The number of benzene rings is 1. The van der Waals surface area contributed by atoms with Crippen molar-refractivity contribution in [2.75, 3.05) is 0 Å². The normalized spacial score (nSPS) is 11.8. The van der Waals surface area contributed by atoms with Gasteiger partial charge in [-0.2, -0.15) is 5.10 Å². The van der Waals surface area contributed by atoms with Gasteiger partial charge in [-0.1, -0.05) is 17.7 Å². The second-order valence-corrected chi connectivity index (χ2v) is 5.64. The Bertz CT molecular complexity index is 514. The highest BCUT2D eigenvalue weighted by atomic mass is 35.5. The Kier molecular flexibility index (Phi) is 3.68. The summed E-state index contributed by atoms with van der Waals surface area (Å²) in [6, 6.07) is 5.95. The molecule has 0 unspecified atom stereocenters. The summed E-state index contributed by atoms with van der Waals surface area (Å²) in [7, 11) is 0. The van der Waals surface area contributed by atoms with Gasteiger partial charge in [-0.15, -0.1) is 0 Å². The molecule has 1 heterocycles. The number of hydrogen-bond donors (Lipinski definition) is 1. The van der Waals surface area contributed by atoms with E-state index in [0.717, 1.165) is 17.8 Å². The molecule has 0 saturated heterocycles. The summed E-state index contributed by atoms with van der Waals surface area (Å²) in [5, 5.41) is 8.17. The lowest BCUT2D eigenvalue weighted by molar-refractivity contribution is 0.424. The lowest BCUT2D eigenvalue weighted by Gasteiger charge is -2.20. The number of rotatable bonds is 3. The zero-order valence-corrected chi connectivity index (χ0v) is 11.6. The third kappa shape index (κ3) is 3.31. The summed E-state index contributed by atoms with van der Waals surface area (Å²) in [6.45, 7) is 7.20. The van der Waals surface area contributed by atoms with Crippen molar-refractivity contribution in [1.29, 1.82) is 0 Å². The number of hydrogen-bond acceptors (Lipinski definition) is 3. The number of nitrogens with zero attached hydrogens (tertiary/aromatic N) is 3. The zero-order valence-electron chi connectivity index (χ0n) is 10.8.